The van der Waals surface area contributed by atoms with Crippen molar-refractivity contribution in [2.24, 2.45) is 5.92 Å². The number of aromatic nitrogens is 2. The van der Waals surface area contributed by atoms with E-state index in [1.54, 1.807) is 12.1 Å². The van der Waals surface area contributed by atoms with E-state index in [1.807, 2.05) is 32.0 Å². The smallest absolute Gasteiger partial charge is 0.263 e. The minimum Gasteiger partial charge on any atom is -0.493 e. The third kappa shape index (κ3) is 5.10. The van der Waals surface area contributed by atoms with Crippen molar-refractivity contribution >= 4 is 26.7 Å². The highest BCUT2D eigenvalue weighted by Crippen LogP contribution is 2.47. The Balaban J connectivity index is 1.46. The molecule has 11 heteroatoms. The average molecular weight is 533 g/mol. The van der Waals surface area contributed by atoms with Crippen LogP contribution in [0.25, 0.3) is 0 Å². The number of aliphatic hydroxyl groups is 1. The Morgan fingerprint density at radius 1 is 1.17 bits per heavy atom. The minimum atomic E-state index is -3.84. The highest BCUT2D eigenvalue weighted by Gasteiger charge is 2.41. The van der Waals surface area contributed by atoms with Crippen molar-refractivity contribution in [3.8, 4) is 5.75 Å². The molecule has 2 N–H and O–H groups in total. The summed E-state index contributed by atoms with van der Waals surface area (Å²) in [6, 6.07) is 11.5. The van der Waals surface area contributed by atoms with Crippen LogP contribution in [0.15, 0.2) is 53.7 Å². The highest BCUT2D eigenvalue weighted by molar-refractivity contribution is 7.93. The van der Waals surface area contributed by atoms with Crippen LogP contribution in [0.2, 0.25) is 0 Å². The maximum atomic E-state index is 13.7. The number of halogens is 1. The van der Waals surface area contributed by atoms with Crippen LogP contribution in [0.5, 0.6) is 5.75 Å². The maximum Gasteiger partial charge on any atom is 0.263 e. The first-order chi connectivity index (χ1) is 17.1. The summed E-state index contributed by atoms with van der Waals surface area (Å²) < 4.78 is 51.6. The molecule has 3 heterocycles. The lowest BCUT2D eigenvalue weighted by atomic mass is 9.77. The Morgan fingerprint density at radius 2 is 1.94 bits per heavy atom. The maximum absolute atomic E-state index is 13.7. The van der Waals surface area contributed by atoms with Crippen LogP contribution < -0.4 is 9.46 Å². The van der Waals surface area contributed by atoms with Crippen molar-refractivity contribution in [3.05, 3.63) is 65.7 Å². The van der Waals surface area contributed by atoms with Gasteiger partial charge in [-0.1, -0.05) is 18.2 Å². The summed E-state index contributed by atoms with van der Waals surface area (Å²) in [6.07, 6.45) is 3.60. The molecule has 192 valence electrons. The molecule has 2 aromatic carbocycles. The molecule has 36 heavy (non-hydrogen) atoms. The molecule has 3 aromatic rings. The van der Waals surface area contributed by atoms with Gasteiger partial charge in [0.1, 0.15) is 17.9 Å². The zero-order valence-electron chi connectivity index (χ0n) is 20.1. The van der Waals surface area contributed by atoms with E-state index in [9.17, 15) is 17.9 Å². The number of nitrogens with one attached hydrogen (secondary N) is 1. The van der Waals surface area contributed by atoms with E-state index in [2.05, 4.69) is 19.0 Å². The fraction of sp³-hybridized carbons (Fsp3) is 0.440. The molecular weight excluding hydrogens is 503 g/mol. The van der Waals surface area contributed by atoms with Crippen molar-refractivity contribution in [2.45, 2.75) is 55.7 Å². The molecule has 0 aliphatic carbocycles. The quantitative estimate of drug-likeness (QED) is 0.481. The third-order valence-electron chi connectivity index (χ3n) is 7.18. The summed E-state index contributed by atoms with van der Waals surface area (Å²) in [6.45, 7) is 4.89. The van der Waals surface area contributed by atoms with Crippen molar-refractivity contribution in [2.75, 3.05) is 17.9 Å². The zero-order chi connectivity index (χ0) is 25.5. The normalized spacial score (nSPS) is 23.1. The Labute approximate surface area is 214 Å². The average Bonchev–Trinajstić information content (AvgIpc) is 3.35. The Bertz CT molecular complexity index is 1310. The summed E-state index contributed by atoms with van der Waals surface area (Å²) >= 11 is 0.963. The lowest BCUT2D eigenvalue weighted by Gasteiger charge is -2.48. The second kappa shape index (κ2) is 9.70. The topological polar surface area (TPSA) is 105 Å². The van der Waals surface area contributed by atoms with E-state index in [0.717, 1.165) is 48.5 Å². The standard InChI is InChI=1S/C25H29FN4O4S2/c1-25(2,31)17-9-11-30(22(13-17)16-3-5-18(26)6-4-16)21-10-12-34-23-14-19(7-8-20(21)23)36(32,33)29-24-27-15-28-35-24/h3-8,14-15,17,21-22,31H,9-13H2,1-2H3,(H,27,28,29)/t17-,21?,22+/m0/s1. The summed E-state index contributed by atoms with van der Waals surface area (Å²) in [5.74, 6) is 0.350. The molecular formula is C25H29FN4O4S2. The van der Waals surface area contributed by atoms with E-state index in [4.69, 9.17) is 4.74 Å². The van der Waals surface area contributed by atoms with Gasteiger partial charge in [-0.05, 0) is 62.9 Å². The molecule has 1 saturated heterocycles. The van der Waals surface area contributed by atoms with Crippen LogP contribution in [0.1, 0.15) is 56.3 Å². The minimum absolute atomic E-state index is 0.000524. The van der Waals surface area contributed by atoms with Crippen LogP contribution in [0, 0.1) is 11.7 Å². The van der Waals surface area contributed by atoms with Gasteiger partial charge in [0.25, 0.3) is 10.0 Å². The van der Waals surface area contributed by atoms with E-state index in [1.165, 1.54) is 18.5 Å². The fourth-order valence-electron chi connectivity index (χ4n) is 5.27. The predicted molar refractivity (Wildman–Crippen MR) is 135 cm³/mol. The Kier molecular flexibility index (Phi) is 6.75. The molecule has 0 amide bonds. The lowest BCUT2D eigenvalue weighted by molar-refractivity contribution is -0.0441. The molecule has 1 fully saturated rings. The number of hydrogen-bond acceptors (Lipinski definition) is 8. The lowest BCUT2D eigenvalue weighted by Crippen LogP contribution is -2.45. The molecule has 2 aliphatic rings. The molecule has 0 spiro atoms. The van der Waals surface area contributed by atoms with Crippen molar-refractivity contribution in [1.29, 1.82) is 0 Å². The van der Waals surface area contributed by atoms with E-state index in [-0.39, 0.29) is 33.8 Å². The molecule has 8 nitrogen and oxygen atoms in total. The van der Waals surface area contributed by atoms with Gasteiger partial charge in [-0.2, -0.15) is 4.37 Å². The predicted octanol–water partition coefficient (Wildman–Crippen LogP) is 4.53. The molecule has 0 radical (unpaired) electrons. The van der Waals surface area contributed by atoms with Gasteiger partial charge in [0.15, 0.2) is 0 Å². The monoisotopic (exact) mass is 532 g/mol. The highest BCUT2D eigenvalue weighted by atomic mass is 32.2. The number of ether oxygens (including phenoxy) is 1. The fourth-order valence-corrected chi connectivity index (χ4v) is 6.94. The SMILES string of the molecule is CC(C)(O)[C@H]1CCN(C2CCOc3cc(S(=O)(=O)Nc4ncns4)ccc32)[C@@H](c2ccc(F)cc2)C1. The summed E-state index contributed by atoms with van der Waals surface area (Å²) in [7, 11) is -3.84. The number of piperidine rings is 1. The van der Waals surface area contributed by atoms with Gasteiger partial charge in [0.2, 0.25) is 5.13 Å². The largest absolute Gasteiger partial charge is 0.493 e. The first-order valence-electron chi connectivity index (χ1n) is 11.9. The number of hydrogen-bond donors (Lipinski definition) is 2. The molecule has 3 atom stereocenters. The van der Waals surface area contributed by atoms with Crippen LogP contribution in [0.3, 0.4) is 0 Å². The summed E-state index contributed by atoms with van der Waals surface area (Å²) in [5, 5.41) is 10.9. The number of fused-ring (bicyclic) bond motifs is 1. The second-order valence-corrected chi connectivity index (χ2v) is 12.3. The number of rotatable bonds is 6. The van der Waals surface area contributed by atoms with Gasteiger partial charge in [-0.3, -0.25) is 9.62 Å². The summed E-state index contributed by atoms with van der Waals surface area (Å²) in [5.41, 5.74) is 1.10. The van der Waals surface area contributed by atoms with Gasteiger partial charge >= 0.3 is 0 Å². The number of sulfonamides is 1. The van der Waals surface area contributed by atoms with Gasteiger partial charge in [-0.15, -0.1) is 0 Å². The van der Waals surface area contributed by atoms with Crippen molar-refractivity contribution in [1.82, 2.24) is 14.3 Å². The van der Waals surface area contributed by atoms with Crippen LogP contribution in [-0.4, -0.2) is 46.5 Å². The molecule has 5 rings (SSSR count). The molecule has 1 unspecified atom stereocenters. The Morgan fingerprint density at radius 3 is 2.64 bits per heavy atom. The zero-order valence-corrected chi connectivity index (χ0v) is 21.7. The van der Waals surface area contributed by atoms with Crippen LogP contribution in [0.4, 0.5) is 9.52 Å². The Hall–Kier alpha value is -2.60. The summed E-state index contributed by atoms with van der Waals surface area (Å²) in [4.78, 5) is 6.38. The van der Waals surface area contributed by atoms with Crippen molar-refractivity contribution in [3.63, 3.8) is 0 Å². The molecule has 2 aliphatic heterocycles. The number of nitrogens with zero attached hydrogens (tertiary/aromatic N) is 3. The van der Waals surface area contributed by atoms with Gasteiger partial charge in [0.05, 0.1) is 17.1 Å². The molecule has 0 saturated carbocycles. The molecule has 0 bridgehead atoms. The van der Waals surface area contributed by atoms with E-state index >= 15 is 0 Å². The van der Waals surface area contributed by atoms with Gasteiger partial charge in [-0.25, -0.2) is 17.8 Å². The van der Waals surface area contributed by atoms with E-state index < -0.39 is 15.6 Å². The number of anilines is 1. The van der Waals surface area contributed by atoms with Crippen LogP contribution in [-0.2, 0) is 10.0 Å². The third-order valence-corrected chi connectivity index (χ3v) is 9.23. The first-order valence-corrected chi connectivity index (χ1v) is 14.2. The molecule has 1 aromatic heterocycles. The van der Waals surface area contributed by atoms with Gasteiger partial charge in [0, 0.05) is 41.7 Å². The first kappa shape index (κ1) is 25.1. The van der Waals surface area contributed by atoms with Crippen molar-refractivity contribution < 1.29 is 22.7 Å². The second-order valence-electron chi connectivity index (χ2n) is 9.88. The number of benzene rings is 2. The number of likely N-dealkylation sites (tertiary alicyclic amines) is 1. The van der Waals surface area contributed by atoms with E-state index in [0.29, 0.717) is 12.4 Å². The van der Waals surface area contributed by atoms with Gasteiger partial charge < -0.3 is 9.84 Å². The van der Waals surface area contributed by atoms with Crippen LogP contribution >= 0.6 is 11.5 Å².